The van der Waals surface area contributed by atoms with E-state index in [-0.39, 0.29) is 24.4 Å². The Kier molecular flexibility index (Phi) is 6.23. The molecule has 0 radical (unpaired) electrons. The lowest BCUT2D eigenvalue weighted by Gasteiger charge is -2.09. The highest BCUT2D eigenvalue weighted by Gasteiger charge is 2.11. The van der Waals surface area contributed by atoms with Crippen LogP contribution in [-0.2, 0) is 22.3 Å². The van der Waals surface area contributed by atoms with Gasteiger partial charge in [0, 0.05) is 24.7 Å². The van der Waals surface area contributed by atoms with Gasteiger partial charge in [-0.1, -0.05) is 30.3 Å². The number of nitrogens with one attached hydrogen (secondary N) is 1. The number of ether oxygens (including phenoxy) is 1. The molecular weight excluding hydrogens is 378 g/mol. The summed E-state index contributed by atoms with van der Waals surface area (Å²) in [5.74, 6) is 0.622. The average molecular weight is 399 g/mol. The minimum Gasteiger partial charge on any atom is -0.497 e. The standard InChI is InChI=1S/C20H21N3O4S/c1-27-18-9-7-17(8-10-18)19-13-20(24)23(15-21-19)12-11-22-28(25,26)14-16-5-3-2-4-6-16/h2-10,13,15,22H,11-12,14H2,1H3. The Morgan fingerprint density at radius 2 is 1.79 bits per heavy atom. The van der Waals surface area contributed by atoms with Gasteiger partial charge in [0.05, 0.1) is 24.9 Å². The number of rotatable bonds is 8. The van der Waals surface area contributed by atoms with Crippen LogP contribution in [0.3, 0.4) is 0 Å². The zero-order valence-electron chi connectivity index (χ0n) is 15.4. The Morgan fingerprint density at radius 1 is 1.07 bits per heavy atom. The van der Waals surface area contributed by atoms with Gasteiger partial charge in [-0.05, 0) is 29.8 Å². The molecule has 0 bridgehead atoms. The van der Waals surface area contributed by atoms with Gasteiger partial charge in [-0.2, -0.15) is 0 Å². The molecule has 0 saturated heterocycles. The van der Waals surface area contributed by atoms with Crippen molar-refractivity contribution in [3.8, 4) is 17.0 Å². The van der Waals surface area contributed by atoms with Crippen LogP contribution in [0.25, 0.3) is 11.3 Å². The summed E-state index contributed by atoms with van der Waals surface area (Å²) in [5, 5.41) is 0. The van der Waals surface area contributed by atoms with E-state index in [9.17, 15) is 13.2 Å². The zero-order chi connectivity index (χ0) is 20.0. The molecule has 0 aliphatic heterocycles. The molecule has 3 rings (SSSR count). The van der Waals surface area contributed by atoms with E-state index in [0.29, 0.717) is 11.3 Å². The summed E-state index contributed by atoms with van der Waals surface area (Å²) >= 11 is 0. The van der Waals surface area contributed by atoms with Crippen molar-refractivity contribution in [1.82, 2.24) is 14.3 Å². The van der Waals surface area contributed by atoms with E-state index < -0.39 is 10.0 Å². The van der Waals surface area contributed by atoms with E-state index in [4.69, 9.17) is 4.74 Å². The second kappa shape index (κ2) is 8.81. The van der Waals surface area contributed by atoms with Gasteiger partial charge in [0.2, 0.25) is 10.0 Å². The lowest BCUT2D eigenvalue weighted by atomic mass is 10.1. The van der Waals surface area contributed by atoms with Crippen LogP contribution in [0.5, 0.6) is 5.75 Å². The highest BCUT2D eigenvalue weighted by molar-refractivity contribution is 7.88. The second-order valence-corrected chi connectivity index (χ2v) is 7.98. The molecule has 28 heavy (non-hydrogen) atoms. The number of methoxy groups -OCH3 is 1. The fourth-order valence-electron chi connectivity index (χ4n) is 2.68. The molecule has 3 aromatic rings. The second-order valence-electron chi connectivity index (χ2n) is 6.17. The average Bonchev–Trinajstić information content (AvgIpc) is 2.69. The van der Waals surface area contributed by atoms with Gasteiger partial charge in [0.15, 0.2) is 0 Å². The molecule has 0 spiro atoms. The van der Waals surface area contributed by atoms with Crippen LogP contribution in [0, 0.1) is 0 Å². The third kappa shape index (κ3) is 5.28. The normalized spacial score (nSPS) is 11.3. The molecule has 7 nitrogen and oxygen atoms in total. The van der Waals surface area contributed by atoms with Crippen LogP contribution in [0.2, 0.25) is 0 Å². The smallest absolute Gasteiger partial charge is 0.253 e. The van der Waals surface area contributed by atoms with E-state index in [2.05, 4.69) is 9.71 Å². The Balaban J connectivity index is 1.61. The van der Waals surface area contributed by atoms with Crippen molar-refractivity contribution in [3.63, 3.8) is 0 Å². The lowest BCUT2D eigenvalue weighted by molar-refractivity contribution is 0.415. The Morgan fingerprint density at radius 3 is 2.43 bits per heavy atom. The molecule has 1 N–H and O–H groups in total. The molecule has 2 aromatic carbocycles. The maximum Gasteiger partial charge on any atom is 0.253 e. The molecule has 0 fully saturated rings. The van der Waals surface area contributed by atoms with Gasteiger partial charge in [-0.15, -0.1) is 0 Å². The number of hydrogen-bond donors (Lipinski definition) is 1. The van der Waals surface area contributed by atoms with Crippen LogP contribution in [0.4, 0.5) is 0 Å². The summed E-state index contributed by atoms with van der Waals surface area (Å²) in [6.45, 7) is 0.307. The van der Waals surface area contributed by atoms with Crippen molar-refractivity contribution in [3.05, 3.63) is 82.9 Å². The molecule has 0 unspecified atom stereocenters. The van der Waals surface area contributed by atoms with Crippen molar-refractivity contribution in [2.75, 3.05) is 13.7 Å². The number of hydrogen-bond acceptors (Lipinski definition) is 5. The molecule has 146 valence electrons. The molecule has 8 heteroatoms. The molecule has 0 aliphatic carbocycles. The number of nitrogens with zero attached hydrogens (tertiary/aromatic N) is 2. The van der Waals surface area contributed by atoms with Crippen molar-refractivity contribution in [2.24, 2.45) is 0 Å². The van der Waals surface area contributed by atoms with Gasteiger partial charge in [0.25, 0.3) is 5.56 Å². The number of sulfonamides is 1. The zero-order valence-corrected chi connectivity index (χ0v) is 16.2. The van der Waals surface area contributed by atoms with E-state index >= 15 is 0 Å². The molecule has 0 aliphatic rings. The van der Waals surface area contributed by atoms with Crippen LogP contribution >= 0.6 is 0 Å². The van der Waals surface area contributed by atoms with Gasteiger partial charge in [-0.3, -0.25) is 9.36 Å². The van der Waals surface area contributed by atoms with Crippen molar-refractivity contribution >= 4 is 10.0 Å². The van der Waals surface area contributed by atoms with Crippen molar-refractivity contribution < 1.29 is 13.2 Å². The highest BCUT2D eigenvalue weighted by atomic mass is 32.2. The predicted octanol–water partition coefficient (Wildman–Crippen LogP) is 2.04. The first kappa shape index (κ1) is 19.8. The predicted molar refractivity (Wildman–Crippen MR) is 108 cm³/mol. The van der Waals surface area contributed by atoms with Crippen LogP contribution in [0.15, 0.2) is 71.8 Å². The topological polar surface area (TPSA) is 90.3 Å². The molecule has 1 aromatic heterocycles. The van der Waals surface area contributed by atoms with Gasteiger partial charge < -0.3 is 4.74 Å². The third-order valence-electron chi connectivity index (χ3n) is 4.14. The Bertz CT molecular complexity index is 1080. The van der Waals surface area contributed by atoms with Crippen molar-refractivity contribution in [2.45, 2.75) is 12.3 Å². The minimum atomic E-state index is -3.47. The highest BCUT2D eigenvalue weighted by Crippen LogP contribution is 2.19. The number of aromatic nitrogens is 2. The van der Waals surface area contributed by atoms with Gasteiger partial charge >= 0.3 is 0 Å². The van der Waals surface area contributed by atoms with Crippen molar-refractivity contribution in [1.29, 1.82) is 0 Å². The Labute approximate surface area is 163 Å². The molecular formula is C20H21N3O4S. The van der Waals surface area contributed by atoms with E-state index in [0.717, 1.165) is 11.3 Å². The summed E-state index contributed by atoms with van der Waals surface area (Å²) < 4.78 is 33.3. The van der Waals surface area contributed by atoms with E-state index in [1.807, 2.05) is 18.2 Å². The molecule has 0 saturated carbocycles. The first-order valence-corrected chi connectivity index (χ1v) is 10.3. The monoisotopic (exact) mass is 399 g/mol. The maximum absolute atomic E-state index is 12.3. The van der Waals surface area contributed by atoms with E-state index in [1.54, 1.807) is 43.5 Å². The Hall–Kier alpha value is -2.97. The summed E-state index contributed by atoms with van der Waals surface area (Å²) in [5.41, 5.74) is 1.81. The van der Waals surface area contributed by atoms with Crippen LogP contribution in [0.1, 0.15) is 5.56 Å². The molecule has 0 atom stereocenters. The molecule has 0 amide bonds. The SMILES string of the molecule is COc1ccc(-c2cc(=O)n(CCNS(=O)(=O)Cc3ccccc3)cn2)cc1. The lowest BCUT2D eigenvalue weighted by Crippen LogP contribution is -2.31. The summed E-state index contributed by atoms with van der Waals surface area (Å²) in [7, 11) is -1.89. The van der Waals surface area contributed by atoms with Crippen LogP contribution in [-0.4, -0.2) is 31.6 Å². The minimum absolute atomic E-state index is 0.0998. The fourth-order valence-corrected chi connectivity index (χ4v) is 3.82. The van der Waals surface area contributed by atoms with Gasteiger partial charge in [0.1, 0.15) is 5.75 Å². The molecule has 1 heterocycles. The summed E-state index contributed by atoms with van der Waals surface area (Å²) in [6.07, 6.45) is 1.42. The summed E-state index contributed by atoms with van der Waals surface area (Å²) in [6, 6.07) is 17.6. The number of benzene rings is 2. The third-order valence-corrected chi connectivity index (χ3v) is 5.50. The maximum atomic E-state index is 12.3. The summed E-state index contributed by atoms with van der Waals surface area (Å²) in [4.78, 5) is 16.6. The van der Waals surface area contributed by atoms with Crippen LogP contribution < -0.4 is 15.0 Å². The quantitative estimate of drug-likeness (QED) is 0.626. The van der Waals surface area contributed by atoms with E-state index in [1.165, 1.54) is 17.0 Å². The fraction of sp³-hybridized carbons (Fsp3) is 0.200. The first-order valence-electron chi connectivity index (χ1n) is 8.69. The first-order chi connectivity index (χ1) is 13.5. The van der Waals surface area contributed by atoms with Gasteiger partial charge in [-0.25, -0.2) is 18.1 Å². The largest absolute Gasteiger partial charge is 0.497 e.